The Morgan fingerprint density at radius 2 is 1.21 bits per heavy atom. The van der Waals surface area contributed by atoms with Gasteiger partial charge in [-0.25, -0.2) is 0 Å². The summed E-state index contributed by atoms with van der Waals surface area (Å²) in [5, 5.41) is 37.3. The SMILES string of the molecule is CCCCCCCCCCCCCCCC(=O)O[C@@]12C[C@@H](C)[C@@]3(O)[C@H]([C@@H]1C2(C)C)[C@@H]1O[C@]1(COC(=O)CCCCCCCCCCC)[C@@H](O)[C@]1(O)C(=O)C(C)=C[C@H]13. The number of ketones is 1. The first kappa shape index (κ1) is 46.3. The number of hydrogen-bond donors (Lipinski definition) is 3. The van der Waals surface area contributed by atoms with Crippen molar-refractivity contribution in [2.45, 2.75) is 237 Å². The lowest BCUT2D eigenvalue weighted by Crippen LogP contribution is -2.65. The van der Waals surface area contributed by atoms with Crippen LogP contribution in [0.2, 0.25) is 0 Å². The molecule has 10 atom stereocenters. The highest BCUT2D eigenvalue weighted by atomic mass is 16.7. The lowest BCUT2D eigenvalue weighted by Gasteiger charge is -2.51. The summed E-state index contributed by atoms with van der Waals surface area (Å²) in [6, 6.07) is 0. The number of rotatable bonds is 27. The van der Waals surface area contributed by atoms with Crippen LogP contribution in [0.3, 0.4) is 0 Å². The molecule has 0 aromatic rings. The fourth-order valence-corrected chi connectivity index (χ4v) is 11.8. The molecule has 0 unspecified atom stereocenters. The summed E-state index contributed by atoms with van der Waals surface area (Å²) in [6.45, 7) is 11.7. The summed E-state index contributed by atoms with van der Waals surface area (Å²) in [5.74, 6) is -3.97. The molecule has 9 heteroatoms. The molecular weight excluding hydrogens is 721 g/mol. The summed E-state index contributed by atoms with van der Waals surface area (Å²) in [6.07, 6.45) is 26.0. The summed E-state index contributed by atoms with van der Waals surface area (Å²) in [5.41, 5.74) is -6.73. The van der Waals surface area contributed by atoms with Gasteiger partial charge in [0.2, 0.25) is 0 Å². The van der Waals surface area contributed by atoms with Crippen molar-refractivity contribution in [3.8, 4) is 0 Å². The van der Waals surface area contributed by atoms with E-state index in [0.717, 1.165) is 38.5 Å². The van der Waals surface area contributed by atoms with Gasteiger partial charge in [0, 0.05) is 36.0 Å². The summed E-state index contributed by atoms with van der Waals surface area (Å²) < 4.78 is 18.7. The zero-order chi connectivity index (χ0) is 41.5. The number of aliphatic hydroxyl groups is 3. The van der Waals surface area contributed by atoms with Crippen molar-refractivity contribution in [3.63, 3.8) is 0 Å². The Morgan fingerprint density at radius 3 is 1.70 bits per heavy atom. The molecule has 0 bridgehead atoms. The first-order valence-corrected chi connectivity index (χ1v) is 23.6. The standard InChI is InChI=1S/C48H80O9/c1-7-9-11-13-15-17-18-19-20-22-24-26-28-30-38(50)56-46-32-35(4)47(53)36-31-34(3)41(51)48(36,54)43(52)45(42(57-45)39(47)40(46)44(46,5)6)33-55-37(49)29-27-25-23-21-16-14-12-10-8-2/h31,35-36,39-40,42-43,52-54H,7-30,32-33H2,1-6H3/t35-,36+,39-,40-,42+,43-,45+,46+,47+,48-/m1/s1. The maximum absolute atomic E-state index is 13.8. The van der Waals surface area contributed by atoms with E-state index in [1.807, 2.05) is 6.92 Å². The van der Waals surface area contributed by atoms with Crippen LogP contribution >= 0.6 is 0 Å². The number of unbranched alkanes of at least 4 members (excludes halogenated alkanes) is 20. The quantitative estimate of drug-likeness (QED) is 0.0421. The number of esters is 2. The van der Waals surface area contributed by atoms with E-state index in [9.17, 15) is 29.7 Å². The van der Waals surface area contributed by atoms with Gasteiger partial charge in [-0.15, -0.1) is 0 Å². The molecule has 3 N–H and O–H groups in total. The molecule has 1 aliphatic heterocycles. The van der Waals surface area contributed by atoms with Crippen LogP contribution in [0, 0.1) is 29.1 Å². The second-order valence-electron chi connectivity index (χ2n) is 19.7. The van der Waals surface area contributed by atoms with Gasteiger partial charge in [-0.2, -0.15) is 0 Å². The molecule has 1 heterocycles. The van der Waals surface area contributed by atoms with Gasteiger partial charge in [0.25, 0.3) is 0 Å². The number of Topliss-reactive ketones (excluding diaryl/α,β-unsaturated/α-hetero) is 1. The summed E-state index contributed by atoms with van der Waals surface area (Å²) in [4.78, 5) is 40.4. The first-order valence-electron chi connectivity index (χ1n) is 23.6. The number of fused-ring (bicyclic) bond motifs is 7. The van der Waals surface area contributed by atoms with E-state index in [1.54, 1.807) is 13.0 Å². The molecule has 0 aromatic heterocycles. The molecule has 5 aliphatic rings. The Hall–Kier alpha value is -1.81. The van der Waals surface area contributed by atoms with Gasteiger partial charge in [0.05, 0.1) is 11.7 Å². The van der Waals surface area contributed by atoms with Crippen molar-refractivity contribution in [2.24, 2.45) is 29.1 Å². The first-order chi connectivity index (χ1) is 27.2. The Balaban J connectivity index is 1.18. The fourth-order valence-electron chi connectivity index (χ4n) is 11.8. The van der Waals surface area contributed by atoms with E-state index in [4.69, 9.17) is 14.2 Å². The Kier molecular flexibility index (Phi) is 16.0. The van der Waals surface area contributed by atoms with Crippen molar-refractivity contribution in [1.82, 2.24) is 0 Å². The zero-order valence-corrected chi connectivity index (χ0v) is 36.7. The largest absolute Gasteiger partial charge is 0.462 e. The van der Waals surface area contributed by atoms with Crippen molar-refractivity contribution in [2.75, 3.05) is 6.61 Å². The van der Waals surface area contributed by atoms with Crippen LogP contribution < -0.4 is 0 Å². The summed E-state index contributed by atoms with van der Waals surface area (Å²) >= 11 is 0. The normalized spacial score (nSPS) is 35.7. The van der Waals surface area contributed by atoms with Crippen molar-refractivity contribution in [3.05, 3.63) is 11.6 Å². The number of carbonyl (C=O) groups is 3. The Morgan fingerprint density at radius 1 is 0.754 bits per heavy atom. The van der Waals surface area contributed by atoms with Gasteiger partial charge < -0.3 is 29.5 Å². The zero-order valence-electron chi connectivity index (χ0n) is 36.7. The molecule has 4 aliphatic carbocycles. The predicted octanol–water partition coefficient (Wildman–Crippen LogP) is 9.65. The van der Waals surface area contributed by atoms with Crippen LogP contribution in [0.4, 0.5) is 0 Å². The molecule has 3 saturated carbocycles. The molecule has 1 saturated heterocycles. The van der Waals surface area contributed by atoms with Gasteiger partial charge in [0.15, 0.2) is 17.0 Å². The van der Waals surface area contributed by atoms with Crippen LogP contribution in [0.15, 0.2) is 11.6 Å². The van der Waals surface area contributed by atoms with Gasteiger partial charge in [-0.3, -0.25) is 14.4 Å². The van der Waals surface area contributed by atoms with Crippen molar-refractivity contribution < 1.29 is 43.9 Å². The Labute approximate surface area is 344 Å². The number of carbonyl (C=O) groups excluding carboxylic acids is 3. The van der Waals surface area contributed by atoms with E-state index < -0.39 is 69.5 Å². The minimum atomic E-state index is -2.36. The third-order valence-electron chi connectivity index (χ3n) is 15.4. The molecule has 57 heavy (non-hydrogen) atoms. The average molecular weight is 801 g/mol. The minimum Gasteiger partial charge on any atom is -0.462 e. The molecule has 0 spiro atoms. The second-order valence-corrected chi connectivity index (χ2v) is 19.7. The lowest BCUT2D eigenvalue weighted by atomic mass is 9.59. The maximum Gasteiger partial charge on any atom is 0.306 e. The molecular formula is C48H80O9. The number of aliphatic hydroxyl groups excluding tert-OH is 1. The predicted molar refractivity (Wildman–Crippen MR) is 222 cm³/mol. The molecule has 4 fully saturated rings. The molecule has 0 amide bonds. The number of hydrogen-bond acceptors (Lipinski definition) is 9. The van der Waals surface area contributed by atoms with Crippen LogP contribution in [0.1, 0.15) is 202 Å². The topological polar surface area (TPSA) is 143 Å². The monoisotopic (exact) mass is 801 g/mol. The molecule has 9 nitrogen and oxygen atoms in total. The highest BCUT2D eigenvalue weighted by Crippen LogP contribution is 2.79. The highest BCUT2D eigenvalue weighted by Gasteiger charge is 2.90. The van der Waals surface area contributed by atoms with Crippen LogP contribution in [-0.4, -0.2) is 74.3 Å². The third-order valence-corrected chi connectivity index (χ3v) is 15.4. The smallest absolute Gasteiger partial charge is 0.306 e. The van der Waals surface area contributed by atoms with Gasteiger partial charge in [-0.05, 0) is 37.7 Å². The van der Waals surface area contributed by atoms with E-state index in [2.05, 4.69) is 27.7 Å². The Bertz CT molecular complexity index is 1390. The van der Waals surface area contributed by atoms with E-state index in [0.29, 0.717) is 19.3 Å². The van der Waals surface area contributed by atoms with Crippen LogP contribution in [0.5, 0.6) is 0 Å². The fraction of sp³-hybridized carbons (Fsp3) is 0.896. The van der Waals surface area contributed by atoms with Crippen molar-refractivity contribution in [1.29, 1.82) is 0 Å². The minimum absolute atomic E-state index is 0.234. The molecule has 0 aromatic carbocycles. The van der Waals surface area contributed by atoms with E-state index in [-0.39, 0.29) is 30.5 Å². The third kappa shape index (κ3) is 9.27. The summed E-state index contributed by atoms with van der Waals surface area (Å²) in [7, 11) is 0. The average Bonchev–Trinajstić information content (AvgIpc) is 3.99. The highest BCUT2D eigenvalue weighted by molar-refractivity contribution is 6.05. The second kappa shape index (κ2) is 19.7. The van der Waals surface area contributed by atoms with E-state index in [1.165, 1.54) is 96.3 Å². The van der Waals surface area contributed by atoms with Crippen molar-refractivity contribution >= 4 is 17.7 Å². The van der Waals surface area contributed by atoms with E-state index >= 15 is 0 Å². The molecule has 0 radical (unpaired) electrons. The molecule has 326 valence electrons. The number of epoxide rings is 1. The number of ether oxygens (including phenoxy) is 3. The maximum atomic E-state index is 13.8. The lowest BCUT2D eigenvalue weighted by molar-refractivity contribution is -0.215. The molecule has 5 rings (SSSR count). The van der Waals surface area contributed by atoms with Gasteiger partial charge in [-0.1, -0.05) is 169 Å². The van der Waals surface area contributed by atoms with Crippen LogP contribution in [-0.2, 0) is 28.6 Å². The van der Waals surface area contributed by atoms with Gasteiger partial charge >= 0.3 is 11.9 Å². The van der Waals surface area contributed by atoms with Gasteiger partial charge in [0.1, 0.15) is 18.3 Å². The van der Waals surface area contributed by atoms with Crippen LogP contribution in [0.25, 0.3) is 0 Å².